The van der Waals surface area contributed by atoms with Crippen molar-refractivity contribution in [1.82, 2.24) is 15.0 Å². The van der Waals surface area contributed by atoms with E-state index in [-0.39, 0.29) is 0 Å². The van der Waals surface area contributed by atoms with Gasteiger partial charge in [0.1, 0.15) is 11.2 Å². The lowest BCUT2D eigenvalue weighted by Crippen LogP contribution is -2.02. The SMILES string of the molecule is C=C/C=C\c1c(-c2ccccc2)ccc(-c2nc(-c3ccccc3)nc(-c3cccc4oc5cccc(C6=CC=CCC6)c5c34)n2)c1C. The number of fused-ring (bicyclic) bond motifs is 3. The standard InChI is InChI=1S/C44H33N3O/c1-3-4-22-33-29(2)34(27-28-35(33)30-16-8-5-9-17-30)43-45-42(32-20-12-7-13-21-32)46-44(47-43)37-24-15-26-39-41(37)40-36(23-14-25-38(40)48-39)31-18-10-6-11-19-31/h3-10,12-18,20-28H,1,11,19H2,2H3/b22-4-. The van der Waals surface area contributed by atoms with E-state index in [0.29, 0.717) is 17.5 Å². The van der Waals surface area contributed by atoms with E-state index in [1.54, 1.807) is 6.08 Å². The van der Waals surface area contributed by atoms with Crippen molar-refractivity contribution in [2.24, 2.45) is 0 Å². The van der Waals surface area contributed by atoms with E-state index in [1.807, 2.05) is 60.7 Å². The summed E-state index contributed by atoms with van der Waals surface area (Å²) >= 11 is 0. The first-order valence-corrected chi connectivity index (χ1v) is 16.3. The Kier molecular flexibility index (Phi) is 7.67. The Hall–Kier alpha value is -6.13. The maximum Gasteiger partial charge on any atom is 0.164 e. The van der Waals surface area contributed by atoms with Crippen LogP contribution in [0.3, 0.4) is 0 Å². The molecule has 0 unspecified atom stereocenters. The Morgan fingerprint density at radius 3 is 1.94 bits per heavy atom. The fourth-order valence-corrected chi connectivity index (χ4v) is 6.70. The van der Waals surface area contributed by atoms with E-state index in [2.05, 4.69) is 92.4 Å². The molecule has 0 aliphatic heterocycles. The van der Waals surface area contributed by atoms with Crippen LogP contribution in [0.2, 0.25) is 0 Å². The molecule has 0 atom stereocenters. The Morgan fingerprint density at radius 2 is 1.25 bits per heavy atom. The second kappa shape index (κ2) is 12.6. The van der Waals surface area contributed by atoms with E-state index < -0.39 is 0 Å². The molecule has 1 aliphatic carbocycles. The summed E-state index contributed by atoms with van der Waals surface area (Å²) in [7, 11) is 0. The Balaban J connectivity index is 1.39. The van der Waals surface area contributed by atoms with E-state index >= 15 is 0 Å². The third kappa shape index (κ3) is 5.27. The average Bonchev–Trinajstić information content (AvgIpc) is 3.54. The van der Waals surface area contributed by atoms with Crippen LogP contribution in [0.4, 0.5) is 0 Å². The minimum atomic E-state index is 0.606. The van der Waals surface area contributed by atoms with Crippen LogP contribution in [0.15, 0.2) is 151 Å². The van der Waals surface area contributed by atoms with Gasteiger partial charge in [-0.05, 0) is 65.3 Å². The maximum atomic E-state index is 6.47. The quantitative estimate of drug-likeness (QED) is 0.167. The van der Waals surface area contributed by atoms with Crippen LogP contribution in [0.1, 0.15) is 29.5 Å². The van der Waals surface area contributed by atoms with E-state index in [1.165, 1.54) is 11.1 Å². The van der Waals surface area contributed by atoms with Crippen molar-refractivity contribution in [3.63, 3.8) is 0 Å². The molecule has 0 spiro atoms. The van der Waals surface area contributed by atoms with Crippen molar-refractivity contribution in [3.8, 4) is 45.3 Å². The number of furan rings is 1. The van der Waals surface area contributed by atoms with E-state index in [0.717, 1.165) is 73.7 Å². The van der Waals surface area contributed by atoms with Gasteiger partial charge in [-0.2, -0.15) is 0 Å². The lowest BCUT2D eigenvalue weighted by Gasteiger charge is -2.15. The molecule has 0 saturated heterocycles. The first-order valence-electron chi connectivity index (χ1n) is 16.3. The van der Waals surface area contributed by atoms with Gasteiger partial charge in [-0.15, -0.1) is 0 Å². The third-order valence-corrected chi connectivity index (χ3v) is 9.03. The van der Waals surface area contributed by atoms with Crippen molar-refractivity contribution in [1.29, 1.82) is 0 Å². The Morgan fingerprint density at radius 1 is 0.625 bits per heavy atom. The van der Waals surface area contributed by atoms with Gasteiger partial charge >= 0.3 is 0 Å². The Labute approximate surface area is 280 Å². The molecule has 7 aromatic rings. The van der Waals surface area contributed by atoms with Gasteiger partial charge in [-0.25, -0.2) is 15.0 Å². The van der Waals surface area contributed by atoms with Crippen molar-refractivity contribution in [2.45, 2.75) is 19.8 Å². The zero-order valence-electron chi connectivity index (χ0n) is 26.7. The molecule has 4 heteroatoms. The molecule has 0 saturated carbocycles. The number of aromatic nitrogens is 3. The van der Waals surface area contributed by atoms with Crippen LogP contribution in [0.5, 0.6) is 0 Å². The molecule has 0 fully saturated rings. The Bertz CT molecular complexity index is 2410. The minimum absolute atomic E-state index is 0.606. The predicted octanol–water partition coefficient (Wildman–Crippen LogP) is 11.7. The van der Waals surface area contributed by atoms with Crippen molar-refractivity contribution in [3.05, 3.63) is 163 Å². The lowest BCUT2D eigenvalue weighted by molar-refractivity contribution is 0.669. The van der Waals surface area contributed by atoms with Gasteiger partial charge in [0.15, 0.2) is 17.5 Å². The lowest BCUT2D eigenvalue weighted by atomic mass is 9.91. The topological polar surface area (TPSA) is 51.8 Å². The highest BCUT2D eigenvalue weighted by molar-refractivity contribution is 6.15. The van der Waals surface area contributed by atoms with Gasteiger partial charge in [0, 0.05) is 27.5 Å². The summed E-state index contributed by atoms with van der Waals surface area (Å²) in [6.07, 6.45) is 14.5. The van der Waals surface area contributed by atoms with E-state index in [4.69, 9.17) is 19.4 Å². The number of allylic oxidation sites excluding steroid dienone is 6. The second-order valence-corrected chi connectivity index (χ2v) is 12.0. The fourth-order valence-electron chi connectivity index (χ4n) is 6.70. The molecule has 0 amide bonds. The molecule has 0 N–H and O–H groups in total. The second-order valence-electron chi connectivity index (χ2n) is 12.0. The summed E-state index contributed by atoms with van der Waals surface area (Å²) in [5.41, 5.74) is 11.4. The highest BCUT2D eigenvalue weighted by atomic mass is 16.3. The van der Waals surface area contributed by atoms with Gasteiger partial charge in [0.25, 0.3) is 0 Å². The fraction of sp³-hybridized carbons (Fsp3) is 0.0682. The molecular formula is C44H33N3O. The summed E-state index contributed by atoms with van der Waals surface area (Å²) in [4.78, 5) is 15.5. The summed E-state index contributed by atoms with van der Waals surface area (Å²) in [5.74, 6) is 1.85. The first-order chi connectivity index (χ1) is 23.7. The van der Waals surface area contributed by atoms with Crippen molar-refractivity contribution < 1.29 is 4.42 Å². The molecule has 8 rings (SSSR count). The van der Waals surface area contributed by atoms with Crippen LogP contribution in [-0.4, -0.2) is 15.0 Å². The number of rotatable bonds is 7. The first kappa shape index (κ1) is 29.3. The van der Waals surface area contributed by atoms with Crippen LogP contribution in [0.25, 0.3) is 78.9 Å². The largest absolute Gasteiger partial charge is 0.456 e. The van der Waals surface area contributed by atoms with E-state index in [9.17, 15) is 0 Å². The molecule has 2 heterocycles. The predicted molar refractivity (Wildman–Crippen MR) is 199 cm³/mol. The zero-order valence-corrected chi connectivity index (χ0v) is 26.7. The normalized spacial score (nSPS) is 13.0. The number of nitrogens with zero attached hydrogens (tertiary/aromatic N) is 3. The summed E-state index contributed by atoms with van der Waals surface area (Å²) in [6, 6.07) is 37.3. The maximum absolute atomic E-state index is 6.47. The number of hydrogen-bond donors (Lipinski definition) is 0. The third-order valence-electron chi connectivity index (χ3n) is 9.03. The highest BCUT2D eigenvalue weighted by Gasteiger charge is 2.21. The average molecular weight is 620 g/mol. The zero-order chi connectivity index (χ0) is 32.5. The molecule has 2 aromatic heterocycles. The molecular weight excluding hydrogens is 587 g/mol. The van der Waals surface area contributed by atoms with Gasteiger partial charge < -0.3 is 4.42 Å². The van der Waals surface area contributed by atoms with Crippen molar-refractivity contribution >= 4 is 33.6 Å². The number of hydrogen-bond acceptors (Lipinski definition) is 4. The van der Waals surface area contributed by atoms with Gasteiger partial charge in [0.2, 0.25) is 0 Å². The van der Waals surface area contributed by atoms with Gasteiger partial charge in [0.05, 0.1) is 0 Å². The molecule has 4 nitrogen and oxygen atoms in total. The van der Waals surface area contributed by atoms with Gasteiger partial charge in [-0.1, -0.05) is 140 Å². The molecule has 230 valence electrons. The van der Waals surface area contributed by atoms with Crippen LogP contribution < -0.4 is 0 Å². The van der Waals surface area contributed by atoms with Crippen LogP contribution in [-0.2, 0) is 0 Å². The molecule has 1 aliphatic rings. The highest BCUT2D eigenvalue weighted by Crippen LogP contribution is 2.41. The van der Waals surface area contributed by atoms with Gasteiger partial charge in [-0.3, -0.25) is 0 Å². The van der Waals surface area contributed by atoms with Crippen LogP contribution >= 0.6 is 0 Å². The van der Waals surface area contributed by atoms with Crippen molar-refractivity contribution in [2.75, 3.05) is 0 Å². The summed E-state index contributed by atoms with van der Waals surface area (Å²) < 4.78 is 6.47. The summed E-state index contributed by atoms with van der Waals surface area (Å²) in [6.45, 7) is 6.06. The monoisotopic (exact) mass is 619 g/mol. The molecule has 48 heavy (non-hydrogen) atoms. The van der Waals surface area contributed by atoms with Crippen LogP contribution in [0, 0.1) is 6.92 Å². The molecule has 0 bridgehead atoms. The number of benzene rings is 5. The minimum Gasteiger partial charge on any atom is -0.456 e. The molecule has 0 radical (unpaired) electrons. The summed E-state index contributed by atoms with van der Waals surface area (Å²) in [5, 5.41) is 2.11. The smallest absolute Gasteiger partial charge is 0.164 e. The molecule has 5 aromatic carbocycles.